The highest BCUT2D eigenvalue weighted by Gasteiger charge is 2.25. The Bertz CT molecular complexity index is 3970. The molecule has 298 valence electrons. The molecule has 0 amide bonds. The first-order valence-corrected chi connectivity index (χ1v) is 22.8. The Kier molecular flexibility index (Phi) is 8.47. The van der Waals surface area contributed by atoms with E-state index in [1.807, 2.05) is 11.3 Å². The van der Waals surface area contributed by atoms with Gasteiger partial charge < -0.3 is 4.90 Å². The van der Waals surface area contributed by atoms with Gasteiger partial charge in [0.05, 0.1) is 16.1 Å². The molecular weight excluding hydrogens is 791 g/mol. The van der Waals surface area contributed by atoms with Gasteiger partial charge >= 0.3 is 0 Å². The SMILES string of the molecule is c1ccc(-c2ccc(N(c3cccc4c(-c5cc6ccccc6c6ccccc56)cccc34)c3c4ccccc4cc4c3sc3ccccc34)cc2-c2ccc3ccccc3c2)cc1. The summed E-state index contributed by atoms with van der Waals surface area (Å²) in [6, 6.07) is 87.6. The molecule has 0 bridgehead atoms. The fraction of sp³-hybridized carbons (Fsp3) is 0. The van der Waals surface area contributed by atoms with Crippen LogP contribution in [0, 0.1) is 0 Å². The lowest BCUT2D eigenvalue weighted by atomic mass is 9.90. The summed E-state index contributed by atoms with van der Waals surface area (Å²) in [5, 5.41) is 14.9. The van der Waals surface area contributed by atoms with Crippen molar-refractivity contribution in [2.75, 3.05) is 4.90 Å². The monoisotopic (exact) mass is 829 g/mol. The van der Waals surface area contributed by atoms with Gasteiger partial charge in [0.25, 0.3) is 0 Å². The molecule has 0 fully saturated rings. The number of anilines is 3. The minimum absolute atomic E-state index is 1.10. The maximum atomic E-state index is 2.57. The number of fused-ring (bicyclic) bond motifs is 9. The van der Waals surface area contributed by atoms with E-state index in [0.29, 0.717) is 0 Å². The van der Waals surface area contributed by atoms with Crippen LogP contribution in [0.3, 0.4) is 0 Å². The average molecular weight is 830 g/mol. The predicted molar refractivity (Wildman–Crippen MR) is 278 cm³/mol. The second-order valence-electron chi connectivity index (χ2n) is 16.8. The lowest BCUT2D eigenvalue weighted by molar-refractivity contribution is 1.33. The number of nitrogens with zero attached hydrogens (tertiary/aromatic N) is 1. The highest BCUT2D eigenvalue weighted by Crippen LogP contribution is 2.52. The third-order valence-corrected chi connectivity index (χ3v) is 14.4. The zero-order valence-corrected chi connectivity index (χ0v) is 35.7. The van der Waals surface area contributed by atoms with E-state index in [4.69, 9.17) is 0 Å². The van der Waals surface area contributed by atoms with Gasteiger partial charge in [0.2, 0.25) is 0 Å². The zero-order chi connectivity index (χ0) is 42.1. The molecule has 0 aliphatic heterocycles. The average Bonchev–Trinajstić information content (AvgIpc) is 3.74. The molecule has 12 aromatic carbocycles. The Morgan fingerprint density at radius 3 is 1.75 bits per heavy atom. The largest absolute Gasteiger partial charge is 0.308 e. The second-order valence-corrected chi connectivity index (χ2v) is 17.8. The molecule has 0 radical (unpaired) electrons. The van der Waals surface area contributed by atoms with E-state index in [0.717, 1.165) is 11.4 Å². The van der Waals surface area contributed by atoms with Crippen molar-refractivity contribution >= 4 is 102 Å². The van der Waals surface area contributed by atoms with Crippen LogP contribution in [0.4, 0.5) is 17.1 Å². The molecule has 0 saturated carbocycles. The smallest absolute Gasteiger partial charge is 0.0718 e. The first-order chi connectivity index (χ1) is 31.7. The molecule has 0 unspecified atom stereocenters. The molecule has 13 rings (SSSR count). The Balaban J connectivity index is 1.14. The molecule has 2 heteroatoms. The van der Waals surface area contributed by atoms with Gasteiger partial charge in [0.1, 0.15) is 0 Å². The van der Waals surface area contributed by atoms with Crippen LogP contribution in [0.25, 0.3) is 107 Å². The number of hydrogen-bond acceptors (Lipinski definition) is 2. The predicted octanol–water partition coefficient (Wildman–Crippen LogP) is 18.3. The van der Waals surface area contributed by atoms with Crippen LogP contribution in [0.15, 0.2) is 237 Å². The van der Waals surface area contributed by atoms with Crippen LogP contribution >= 0.6 is 11.3 Å². The highest BCUT2D eigenvalue weighted by atomic mass is 32.1. The Hall–Kier alpha value is -8.04. The molecule has 1 aromatic heterocycles. The lowest BCUT2D eigenvalue weighted by Gasteiger charge is -2.30. The summed E-state index contributed by atoms with van der Waals surface area (Å²) in [5.74, 6) is 0. The third kappa shape index (κ3) is 5.84. The van der Waals surface area contributed by atoms with E-state index in [-0.39, 0.29) is 0 Å². The molecule has 0 saturated heterocycles. The minimum atomic E-state index is 1.10. The topological polar surface area (TPSA) is 3.24 Å². The number of hydrogen-bond donors (Lipinski definition) is 0. The maximum absolute atomic E-state index is 2.57. The molecule has 1 nitrogen and oxygen atoms in total. The van der Waals surface area contributed by atoms with E-state index < -0.39 is 0 Å². The van der Waals surface area contributed by atoms with Gasteiger partial charge in [-0.2, -0.15) is 0 Å². The number of rotatable bonds is 6. The van der Waals surface area contributed by atoms with E-state index in [1.165, 1.54) is 113 Å². The molecule has 1 heterocycles. The summed E-state index contributed by atoms with van der Waals surface area (Å²) in [6.07, 6.45) is 0. The zero-order valence-electron chi connectivity index (χ0n) is 34.9. The van der Waals surface area contributed by atoms with Crippen LogP contribution in [0.2, 0.25) is 0 Å². The molecule has 0 aliphatic carbocycles. The summed E-state index contributed by atoms with van der Waals surface area (Å²) >= 11 is 1.89. The summed E-state index contributed by atoms with van der Waals surface area (Å²) in [4.78, 5) is 2.57. The van der Waals surface area contributed by atoms with Gasteiger partial charge in [-0.05, 0) is 119 Å². The van der Waals surface area contributed by atoms with E-state index >= 15 is 0 Å². The third-order valence-electron chi connectivity index (χ3n) is 13.2. The van der Waals surface area contributed by atoms with Crippen molar-refractivity contribution in [3.05, 3.63) is 237 Å². The maximum Gasteiger partial charge on any atom is 0.0718 e. The fourth-order valence-corrected chi connectivity index (χ4v) is 11.5. The Labute approximate surface area is 375 Å². The Morgan fingerprint density at radius 1 is 0.281 bits per heavy atom. The number of thiophene rings is 1. The normalized spacial score (nSPS) is 11.8. The summed E-state index contributed by atoms with van der Waals surface area (Å²) < 4.78 is 2.56. The first kappa shape index (κ1) is 36.6. The van der Waals surface area contributed by atoms with Crippen molar-refractivity contribution in [1.29, 1.82) is 0 Å². The van der Waals surface area contributed by atoms with Crippen LogP contribution in [0.1, 0.15) is 0 Å². The van der Waals surface area contributed by atoms with Crippen molar-refractivity contribution < 1.29 is 0 Å². The van der Waals surface area contributed by atoms with Crippen molar-refractivity contribution in [3.8, 4) is 33.4 Å². The molecule has 13 aromatic rings. The molecule has 64 heavy (non-hydrogen) atoms. The van der Waals surface area contributed by atoms with Gasteiger partial charge in [-0.25, -0.2) is 0 Å². The summed E-state index contributed by atoms with van der Waals surface area (Å²) in [7, 11) is 0. The molecule has 0 spiro atoms. The molecule has 0 N–H and O–H groups in total. The van der Waals surface area contributed by atoms with E-state index in [2.05, 4.69) is 241 Å². The lowest BCUT2D eigenvalue weighted by Crippen LogP contribution is -2.12. The summed E-state index contributed by atoms with van der Waals surface area (Å²) in [6.45, 7) is 0. The molecule has 0 aliphatic rings. The fourth-order valence-electron chi connectivity index (χ4n) is 10.2. The molecular formula is C62H39NS. The van der Waals surface area contributed by atoms with Crippen LogP contribution in [-0.4, -0.2) is 0 Å². The van der Waals surface area contributed by atoms with Gasteiger partial charge in [-0.3, -0.25) is 0 Å². The van der Waals surface area contributed by atoms with Crippen molar-refractivity contribution in [2.24, 2.45) is 0 Å². The van der Waals surface area contributed by atoms with E-state index in [9.17, 15) is 0 Å². The van der Waals surface area contributed by atoms with Crippen molar-refractivity contribution in [1.82, 2.24) is 0 Å². The minimum Gasteiger partial charge on any atom is -0.308 e. The van der Waals surface area contributed by atoms with Gasteiger partial charge in [-0.15, -0.1) is 11.3 Å². The van der Waals surface area contributed by atoms with Crippen LogP contribution < -0.4 is 4.90 Å². The Morgan fingerprint density at radius 2 is 0.906 bits per heavy atom. The summed E-state index contributed by atoms with van der Waals surface area (Å²) in [5.41, 5.74) is 10.7. The van der Waals surface area contributed by atoms with Gasteiger partial charge in [0, 0.05) is 31.9 Å². The highest BCUT2D eigenvalue weighted by molar-refractivity contribution is 7.26. The quantitative estimate of drug-likeness (QED) is 0.151. The second kappa shape index (κ2) is 14.8. The van der Waals surface area contributed by atoms with Crippen LogP contribution in [0.5, 0.6) is 0 Å². The molecule has 0 atom stereocenters. The van der Waals surface area contributed by atoms with Crippen molar-refractivity contribution in [3.63, 3.8) is 0 Å². The van der Waals surface area contributed by atoms with E-state index in [1.54, 1.807) is 0 Å². The first-order valence-electron chi connectivity index (χ1n) is 22.0. The standard InChI is InChI=1S/C62H39NS/c1-2-17-41(18-3-1)48-35-34-46(39-56(48)45-33-32-40-16-4-5-19-42(40)36-45)63(61-49-23-9-7-21-44(49)38-58-55-26-12-13-31-60(55)64-62(58)61)59-30-15-28-51-53(27-14-29-54(51)59)57-37-43-20-6-8-22-47(43)50-24-10-11-25-52(50)57/h1-39H. The van der Waals surface area contributed by atoms with Crippen molar-refractivity contribution in [2.45, 2.75) is 0 Å². The van der Waals surface area contributed by atoms with Crippen LogP contribution in [-0.2, 0) is 0 Å². The van der Waals surface area contributed by atoms with Gasteiger partial charge in [0.15, 0.2) is 0 Å². The number of benzene rings is 12. The van der Waals surface area contributed by atoms with Gasteiger partial charge in [-0.1, -0.05) is 194 Å².